The van der Waals surface area contributed by atoms with Crippen LogP contribution in [0.2, 0.25) is 0 Å². The van der Waals surface area contributed by atoms with Gasteiger partial charge in [0.2, 0.25) is 11.7 Å². The maximum atomic E-state index is 13.7. The zero-order chi connectivity index (χ0) is 32.8. The minimum Gasteiger partial charge on any atom is -0.488 e. The summed E-state index contributed by atoms with van der Waals surface area (Å²) in [5.74, 6) is 1.31. The van der Waals surface area contributed by atoms with Gasteiger partial charge in [-0.15, -0.1) is 0 Å². The lowest BCUT2D eigenvalue weighted by atomic mass is 9.98. The molecule has 2 N–H and O–H groups in total. The second-order valence-electron chi connectivity index (χ2n) is 12.7. The Hall–Kier alpha value is -4.42. The first-order valence-corrected chi connectivity index (χ1v) is 17.3. The fourth-order valence-electron chi connectivity index (χ4n) is 5.95. The van der Waals surface area contributed by atoms with Gasteiger partial charge in [-0.2, -0.15) is 15.7 Å². The van der Waals surface area contributed by atoms with Crippen LogP contribution < -0.4 is 15.4 Å². The van der Waals surface area contributed by atoms with Gasteiger partial charge in [-0.1, -0.05) is 60.7 Å². The largest absolute Gasteiger partial charge is 0.488 e. The molecule has 1 aliphatic heterocycles. The van der Waals surface area contributed by atoms with Crippen LogP contribution >= 0.6 is 10.5 Å². The number of nitrogens with zero attached hydrogens (tertiary/aromatic N) is 1. The van der Waals surface area contributed by atoms with Gasteiger partial charge in [0.1, 0.15) is 34.9 Å². The number of fused-ring (bicyclic) bond motifs is 3. The van der Waals surface area contributed by atoms with Crippen molar-refractivity contribution in [2.45, 2.75) is 70.6 Å². The van der Waals surface area contributed by atoms with Crippen LogP contribution in [0.4, 0.5) is 4.79 Å². The third kappa shape index (κ3) is 7.86. The summed E-state index contributed by atoms with van der Waals surface area (Å²) in [6.45, 7) is 7.56. The smallest absolute Gasteiger partial charge is 0.407 e. The first-order valence-electron chi connectivity index (χ1n) is 15.7. The molecule has 8 nitrogen and oxygen atoms in total. The predicted molar refractivity (Wildman–Crippen MR) is 182 cm³/mol. The zero-order valence-electron chi connectivity index (χ0n) is 26.8. The number of nitrogens with one attached hydrogen (secondary N) is 2. The molecule has 1 unspecified atom stereocenters. The molecule has 2 atom stereocenters. The molecule has 0 radical (unpaired) electrons. The number of ketones is 1. The molecule has 1 fully saturated rings. The number of nitriles is 1. The van der Waals surface area contributed by atoms with Gasteiger partial charge in [0.15, 0.2) is 0 Å². The SMILES string of the molecule is CC(NC(=O)OCC1c2ccccc2-c2ccccc21)C(=O)N[C@@H](Cc1ccc(OC(C)(C)C)cc1)C(=O)C(C#N)=S1CCCC1. The molecule has 1 heterocycles. The summed E-state index contributed by atoms with van der Waals surface area (Å²) >= 11 is 0. The van der Waals surface area contributed by atoms with Crippen molar-refractivity contribution in [2.75, 3.05) is 18.1 Å². The molecule has 0 bridgehead atoms. The first-order chi connectivity index (χ1) is 22.0. The molecular weight excluding hydrogens is 598 g/mol. The van der Waals surface area contributed by atoms with Crippen LogP contribution in [-0.2, 0) is 20.7 Å². The third-order valence-electron chi connectivity index (χ3n) is 8.14. The number of alkyl carbamates (subject to hydrolysis) is 1. The predicted octanol–water partition coefficient (Wildman–Crippen LogP) is 6.15. The van der Waals surface area contributed by atoms with E-state index in [2.05, 4.69) is 28.8 Å². The molecule has 0 saturated carbocycles. The van der Waals surface area contributed by atoms with E-state index < -0.39 is 34.6 Å². The molecule has 5 rings (SSSR count). The van der Waals surface area contributed by atoms with E-state index in [0.29, 0.717) is 5.75 Å². The zero-order valence-corrected chi connectivity index (χ0v) is 27.6. The minimum atomic E-state index is -0.979. The second-order valence-corrected chi connectivity index (χ2v) is 14.9. The Morgan fingerprint density at radius 1 is 0.913 bits per heavy atom. The normalized spacial score (nSPS) is 15.5. The summed E-state index contributed by atoms with van der Waals surface area (Å²) < 4.78 is 11.5. The summed E-state index contributed by atoms with van der Waals surface area (Å²) in [4.78, 5) is 40.2. The molecular formula is C37H41N3O5S. The molecule has 1 saturated heterocycles. The number of carbonyl (C=O) groups excluding carboxylic acids is 3. The summed E-state index contributed by atoms with van der Waals surface area (Å²) in [6.07, 6.45) is 1.43. The van der Waals surface area contributed by atoms with Gasteiger partial charge in [0.25, 0.3) is 0 Å². The fourth-order valence-corrected chi connectivity index (χ4v) is 8.22. The number of rotatable bonds is 10. The molecule has 3 aromatic rings. The standard InChI is InChI=1S/C37H41N3O5S/c1-24(39-36(43)44-23-31-29-13-7-5-11-27(29)28-12-6-8-14-30(28)31)35(42)40-32(34(41)33(22-38)46-19-9-10-20-46)21-25-15-17-26(18-16-25)45-37(2,3)4/h5-8,11-18,24,31-32H,9-10,19-21,23H2,1-4H3,(H,39,43)(H,40,42)/t24?,32-/m0/s1. The van der Waals surface area contributed by atoms with Crippen molar-refractivity contribution in [1.82, 2.24) is 10.6 Å². The van der Waals surface area contributed by atoms with Crippen LogP contribution in [0.3, 0.4) is 0 Å². The van der Waals surface area contributed by atoms with Crippen LogP contribution in [0.1, 0.15) is 63.1 Å². The van der Waals surface area contributed by atoms with E-state index in [1.54, 1.807) is 6.92 Å². The van der Waals surface area contributed by atoms with E-state index in [1.165, 1.54) is 0 Å². The third-order valence-corrected chi connectivity index (χ3v) is 10.6. The Bertz CT molecular complexity index is 1630. The first kappa shape index (κ1) is 33.0. The summed E-state index contributed by atoms with van der Waals surface area (Å²) in [6, 6.07) is 23.7. The molecule has 46 heavy (non-hydrogen) atoms. The van der Waals surface area contributed by atoms with E-state index >= 15 is 0 Å². The van der Waals surface area contributed by atoms with Crippen molar-refractivity contribution < 1.29 is 23.9 Å². The lowest BCUT2D eigenvalue weighted by Gasteiger charge is -2.23. The average molecular weight is 640 g/mol. The number of ether oxygens (including phenoxy) is 2. The van der Waals surface area contributed by atoms with Gasteiger partial charge in [-0.05, 0) is 92.0 Å². The van der Waals surface area contributed by atoms with E-state index in [9.17, 15) is 19.6 Å². The molecule has 0 aromatic heterocycles. The molecule has 2 amide bonds. The number of carbonyl (C=O) groups is 3. The maximum Gasteiger partial charge on any atom is 0.407 e. The van der Waals surface area contributed by atoms with Gasteiger partial charge in [-0.3, -0.25) is 9.59 Å². The highest BCUT2D eigenvalue weighted by Crippen LogP contribution is 2.44. The monoisotopic (exact) mass is 639 g/mol. The number of hydrogen-bond donors (Lipinski definition) is 2. The lowest BCUT2D eigenvalue weighted by Crippen LogP contribution is -2.52. The number of amides is 2. The van der Waals surface area contributed by atoms with Gasteiger partial charge in [0.05, 0.1) is 6.04 Å². The second kappa shape index (κ2) is 14.3. The van der Waals surface area contributed by atoms with Crippen molar-refractivity contribution in [2.24, 2.45) is 0 Å². The number of benzene rings is 3. The highest BCUT2D eigenvalue weighted by atomic mass is 32.2. The summed E-state index contributed by atoms with van der Waals surface area (Å²) in [5.41, 5.74) is 4.88. The van der Waals surface area contributed by atoms with Crippen molar-refractivity contribution in [1.29, 1.82) is 5.26 Å². The summed E-state index contributed by atoms with van der Waals surface area (Å²) in [7, 11) is -0.414. The van der Waals surface area contributed by atoms with E-state index in [0.717, 1.165) is 52.2 Å². The minimum absolute atomic E-state index is 0.110. The van der Waals surface area contributed by atoms with E-state index in [1.807, 2.05) is 81.4 Å². The molecule has 9 heteroatoms. The van der Waals surface area contributed by atoms with Crippen LogP contribution in [0.25, 0.3) is 11.1 Å². The van der Waals surface area contributed by atoms with Crippen molar-refractivity contribution in [3.05, 3.63) is 89.5 Å². The van der Waals surface area contributed by atoms with Crippen molar-refractivity contribution in [3.8, 4) is 22.9 Å². The Labute approximate surface area is 273 Å². The van der Waals surface area contributed by atoms with Gasteiger partial charge in [-0.25, -0.2) is 4.79 Å². The molecule has 3 aromatic carbocycles. The van der Waals surface area contributed by atoms with Gasteiger partial charge < -0.3 is 20.1 Å². The number of Topliss-reactive ketones (excluding diaryl/α,β-unsaturated/α-hetero) is 1. The Kier molecular flexibility index (Phi) is 10.3. The fraction of sp³-hybridized carbons (Fsp3) is 0.378. The van der Waals surface area contributed by atoms with Crippen LogP contribution in [-0.4, -0.2) is 58.4 Å². The van der Waals surface area contributed by atoms with E-state index in [4.69, 9.17) is 9.47 Å². The Morgan fingerprint density at radius 2 is 1.50 bits per heavy atom. The summed E-state index contributed by atoms with van der Waals surface area (Å²) in [5, 5.41) is 15.4. The topological polar surface area (TPSA) is 118 Å². The maximum absolute atomic E-state index is 13.7. The van der Waals surface area contributed by atoms with Crippen LogP contribution in [0.15, 0.2) is 72.8 Å². The molecule has 1 aliphatic carbocycles. The Balaban J connectivity index is 1.25. The quantitative estimate of drug-likeness (QED) is 0.257. The van der Waals surface area contributed by atoms with Crippen molar-refractivity contribution in [3.63, 3.8) is 0 Å². The Morgan fingerprint density at radius 3 is 2.07 bits per heavy atom. The van der Waals surface area contributed by atoms with Crippen LogP contribution in [0.5, 0.6) is 5.75 Å². The number of hydrogen-bond acceptors (Lipinski definition) is 6. The van der Waals surface area contributed by atoms with Crippen LogP contribution in [0, 0.1) is 11.3 Å². The highest BCUT2D eigenvalue weighted by molar-refractivity contribution is 8.17. The average Bonchev–Trinajstić information content (AvgIpc) is 3.67. The molecule has 0 spiro atoms. The molecule has 2 aliphatic rings. The highest BCUT2D eigenvalue weighted by Gasteiger charge is 2.31. The van der Waals surface area contributed by atoms with Crippen molar-refractivity contribution >= 4 is 33.1 Å². The van der Waals surface area contributed by atoms with Gasteiger partial charge in [0, 0.05) is 12.3 Å². The lowest BCUT2D eigenvalue weighted by molar-refractivity contribution is -0.126. The molecule has 240 valence electrons. The van der Waals surface area contributed by atoms with Gasteiger partial charge >= 0.3 is 6.09 Å². The van der Waals surface area contributed by atoms with E-state index in [-0.39, 0.29) is 35.2 Å².